The summed E-state index contributed by atoms with van der Waals surface area (Å²) in [6, 6.07) is 17.5. The SMILES string of the molecule is Oc1ccc2ccccc2c1CNCC(O)c1ccccc1F. The maximum absolute atomic E-state index is 13.6. The van der Waals surface area contributed by atoms with Crippen LogP contribution in [0.25, 0.3) is 10.8 Å². The molecule has 3 rings (SSSR count). The molecule has 4 heteroatoms. The number of benzene rings is 3. The molecular weight excluding hydrogens is 293 g/mol. The number of aliphatic hydroxyl groups excluding tert-OH is 1. The number of aliphatic hydroxyl groups is 1. The molecule has 0 saturated heterocycles. The fraction of sp³-hybridized carbons (Fsp3) is 0.158. The summed E-state index contributed by atoms with van der Waals surface area (Å²) in [5.74, 6) is -0.216. The van der Waals surface area contributed by atoms with Gasteiger partial charge in [-0.25, -0.2) is 4.39 Å². The van der Waals surface area contributed by atoms with Gasteiger partial charge in [-0.1, -0.05) is 48.5 Å². The number of rotatable bonds is 5. The molecule has 3 nitrogen and oxygen atoms in total. The summed E-state index contributed by atoms with van der Waals surface area (Å²) in [5.41, 5.74) is 1.03. The first-order valence-corrected chi connectivity index (χ1v) is 7.49. The van der Waals surface area contributed by atoms with Gasteiger partial charge < -0.3 is 15.5 Å². The van der Waals surface area contributed by atoms with E-state index in [-0.39, 0.29) is 17.9 Å². The van der Waals surface area contributed by atoms with Crippen molar-refractivity contribution in [1.82, 2.24) is 5.32 Å². The van der Waals surface area contributed by atoms with Crippen LogP contribution in [0.3, 0.4) is 0 Å². The molecule has 3 N–H and O–H groups in total. The first kappa shape index (κ1) is 15.5. The Bertz CT molecular complexity index is 819. The van der Waals surface area contributed by atoms with E-state index in [2.05, 4.69) is 5.32 Å². The molecular formula is C19H18FNO2. The minimum Gasteiger partial charge on any atom is -0.508 e. The highest BCUT2D eigenvalue weighted by Gasteiger charge is 2.12. The first-order chi connectivity index (χ1) is 11.2. The number of phenols is 1. The van der Waals surface area contributed by atoms with Crippen LogP contribution in [0.4, 0.5) is 4.39 Å². The third-order valence-electron chi connectivity index (χ3n) is 3.92. The van der Waals surface area contributed by atoms with Gasteiger partial charge in [0, 0.05) is 24.2 Å². The molecule has 0 aliphatic heterocycles. The highest BCUT2D eigenvalue weighted by Crippen LogP contribution is 2.27. The molecule has 0 aromatic heterocycles. The highest BCUT2D eigenvalue weighted by atomic mass is 19.1. The minimum atomic E-state index is -0.937. The van der Waals surface area contributed by atoms with Crippen LogP contribution in [0.15, 0.2) is 60.7 Å². The van der Waals surface area contributed by atoms with Gasteiger partial charge in [-0.3, -0.25) is 0 Å². The summed E-state index contributed by atoms with van der Waals surface area (Å²) >= 11 is 0. The first-order valence-electron chi connectivity index (χ1n) is 7.49. The van der Waals surface area contributed by atoms with E-state index in [0.29, 0.717) is 6.54 Å². The molecule has 3 aromatic rings. The molecule has 0 radical (unpaired) electrons. The molecule has 0 fully saturated rings. The molecule has 23 heavy (non-hydrogen) atoms. The predicted molar refractivity (Wildman–Crippen MR) is 88.7 cm³/mol. The third-order valence-corrected chi connectivity index (χ3v) is 3.92. The van der Waals surface area contributed by atoms with Crippen molar-refractivity contribution >= 4 is 10.8 Å². The van der Waals surface area contributed by atoms with Crippen LogP contribution in [0.5, 0.6) is 5.75 Å². The van der Waals surface area contributed by atoms with Crippen LogP contribution in [-0.4, -0.2) is 16.8 Å². The van der Waals surface area contributed by atoms with Gasteiger partial charge in [0.05, 0.1) is 6.10 Å². The maximum Gasteiger partial charge on any atom is 0.129 e. The molecule has 3 aromatic carbocycles. The van der Waals surface area contributed by atoms with Gasteiger partial charge in [0.2, 0.25) is 0 Å². The number of hydrogen-bond acceptors (Lipinski definition) is 3. The van der Waals surface area contributed by atoms with Gasteiger partial charge in [0.15, 0.2) is 0 Å². The van der Waals surface area contributed by atoms with Crippen molar-refractivity contribution in [3.05, 3.63) is 77.6 Å². The standard InChI is InChI=1S/C19H18FNO2/c20-17-8-4-3-7-15(17)19(23)12-21-11-16-14-6-2-1-5-13(14)9-10-18(16)22/h1-10,19,21-23H,11-12H2. The van der Waals surface area contributed by atoms with Crippen molar-refractivity contribution in [3.8, 4) is 5.75 Å². The van der Waals surface area contributed by atoms with Crippen molar-refractivity contribution in [2.24, 2.45) is 0 Å². The quantitative estimate of drug-likeness (QED) is 0.676. The van der Waals surface area contributed by atoms with E-state index in [4.69, 9.17) is 0 Å². The number of halogens is 1. The molecule has 1 atom stereocenters. The monoisotopic (exact) mass is 311 g/mol. The van der Waals surface area contributed by atoms with Crippen LogP contribution in [0.1, 0.15) is 17.2 Å². The third kappa shape index (κ3) is 3.33. The number of fused-ring (bicyclic) bond motifs is 1. The van der Waals surface area contributed by atoms with Crippen molar-refractivity contribution in [2.75, 3.05) is 6.54 Å². The van der Waals surface area contributed by atoms with Crippen molar-refractivity contribution in [3.63, 3.8) is 0 Å². The van der Waals surface area contributed by atoms with Gasteiger partial charge >= 0.3 is 0 Å². The van der Waals surface area contributed by atoms with E-state index in [1.165, 1.54) is 6.07 Å². The lowest BCUT2D eigenvalue weighted by Gasteiger charge is -2.14. The summed E-state index contributed by atoms with van der Waals surface area (Å²) < 4.78 is 13.6. The van der Waals surface area contributed by atoms with Crippen LogP contribution < -0.4 is 5.32 Å². The van der Waals surface area contributed by atoms with Crippen LogP contribution in [0, 0.1) is 5.82 Å². The van der Waals surface area contributed by atoms with Crippen LogP contribution >= 0.6 is 0 Å². The second kappa shape index (κ2) is 6.77. The largest absolute Gasteiger partial charge is 0.508 e. The molecule has 0 aliphatic carbocycles. The summed E-state index contributed by atoms with van der Waals surface area (Å²) in [7, 11) is 0. The molecule has 0 aliphatic rings. The molecule has 0 spiro atoms. The number of hydrogen-bond donors (Lipinski definition) is 3. The predicted octanol–water partition coefficient (Wildman–Crippen LogP) is 3.51. The van der Waals surface area contributed by atoms with Gasteiger partial charge in [0.1, 0.15) is 11.6 Å². The van der Waals surface area contributed by atoms with Gasteiger partial charge in [-0.2, -0.15) is 0 Å². The summed E-state index contributed by atoms with van der Waals surface area (Å²) in [6.07, 6.45) is -0.937. The smallest absolute Gasteiger partial charge is 0.129 e. The molecule has 0 bridgehead atoms. The van der Waals surface area contributed by atoms with Crippen LogP contribution in [0.2, 0.25) is 0 Å². The van der Waals surface area contributed by atoms with E-state index < -0.39 is 11.9 Å². The van der Waals surface area contributed by atoms with E-state index in [1.807, 2.05) is 30.3 Å². The number of nitrogens with one attached hydrogen (secondary N) is 1. The fourth-order valence-corrected chi connectivity index (χ4v) is 2.70. The van der Waals surface area contributed by atoms with E-state index >= 15 is 0 Å². The molecule has 0 saturated carbocycles. The molecule has 118 valence electrons. The lowest BCUT2D eigenvalue weighted by molar-refractivity contribution is 0.169. The summed E-state index contributed by atoms with van der Waals surface area (Å²) in [5, 5.41) is 25.3. The Balaban J connectivity index is 1.72. The zero-order valence-corrected chi connectivity index (χ0v) is 12.5. The Morgan fingerprint density at radius 3 is 2.52 bits per heavy atom. The maximum atomic E-state index is 13.6. The molecule has 1 unspecified atom stereocenters. The lowest BCUT2D eigenvalue weighted by atomic mass is 10.0. The summed E-state index contributed by atoms with van der Waals surface area (Å²) in [4.78, 5) is 0. The minimum absolute atomic E-state index is 0.198. The summed E-state index contributed by atoms with van der Waals surface area (Å²) in [6.45, 7) is 0.586. The highest BCUT2D eigenvalue weighted by molar-refractivity contribution is 5.87. The zero-order chi connectivity index (χ0) is 16.2. The molecule has 0 heterocycles. The topological polar surface area (TPSA) is 52.5 Å². The Labute approximate surface area is 134 Å². The molecule has 0 amide bonds. The Kier molecular flexibility index (Phi) is 4.55. The fourth-order valence-electron chi connectivity index (χ4n) is 2.70. The Morgan fingerprint density at radius 2 is 1.70 bits per heavy atom. The van der Waals surface area contributed by atoms with Crippen LogP contribution in [-0.2, 0) is 6.54 Å². The van der Waals surface area contributed by atoms with E-state index in [1.54, 1.807) is 24.3 Å². The lowest BCUT2D eigenvalue weighted by Crippen LogP contribution is -2.21. The van der Waals surface area contributed by atoms with E-state index in [0.717, 1.165) is 16.3 Å². The van der Waals surface area contributed by atoms with Crippen molar-refractivity contribution in [2.45, 2.75) is 12.6 Å². The van der Waals surface area contributed by atoms with Crippen molar-refractivity contribution in [1.29, 1.82) is 0 Å². The second-order valence-electron chi connectivity index (χ2n) is 5.45. The normalized spacial score (nSPS) is 12.4. The Morgan fingerprint density at radius 1 is 0.957 bits per heavy atom. The van der Waals surface area contributed by atoms with Gasteiger partial charge in [-0.05, 0) is 22.9 Å². The van der Waals surface area contributed by atoms with Gasteiger partial charge in [0.25, 0.3) is 0 Å². The van der Waals surface area contributed by atoms with Crippen molar-refractivity contribution < 1.29 is 14.6 Å². The van der Waals surface area contributed by atoms with E-state index in [9.17, 15) is 14.6 Å². The Hall–Kier alpha value is -2.43. The second-order valence-corrected chi connectivity index (χ2v) is 5.45. The zero-order valence-electron chi connectivity index (χ0n) is 12.5. The number of phenolic OH excluding ortho intramolecular Hbond substituents is 1. The van der Waals surface area contributed by atoms with Gasteiger partial charge in [-0.15, -0.1) is 0 Å². The average Bonchev–Trinajstić information content (AvgIpc) is 2.57. The average molecular weight is 311 g/mol. The number of aromatic hydroxyl groups is 1.